The third-order valence-corrected chi connectivity index (χ3v) is 6.26. The van der Waals surface area contributed by atoms with Crippen molar-refractivity contribution in [3.05, 3.63) is 114 Å². The molecule has 0 bridgehead atoms. The van der Waals surface area contributed by atoms with Crippen molar-refractivity contribution in [3.8, 4) is 5.75 Å². The van der Waals surface area contributed by atoms with E-state index >= 15 is 0 Å². The molecular weight excluding hydrogens is 516 g/mol. The van der Waals surface area contributed by atoms with Gasteiger partial charge in [0.2, 0.25) is 0 Å². The van der Waals surface area contributed by atoms with E-state index in [2.05, 4.69) is 6.58 Å². The van der Waals surface area contributed by atoms with Crippen molar-refractivity contribution in [2.45, 2.75) is 37.3 Å². The highest BCUT2D eigenvalue weighted by atomic mass is 16.7. The minimum Gasteiger partial charge on any atom is -0.497 e. The minimum atomic E-state index is -1.16. The number of hydrogen-bond donors (Lipinski definition) is 1. The second-order valence-corrected chi connectivity index (χ2v) is 8.94. The maximum atomic E-state index is 13.1. The SMILES string of the molecule is C=CCO[C@H]1[C@@H](OC(=O)c2ccccc2)[C@@H](CO)O[C@@H](OCc2ccc(OC)cc2)[C@@H]1OC(=O)c1ccccc1. The van der Waals surface area contributed by atoms with E-state index in [0.717, 1.165) is 5.56 Å². The van der Waals surface area contributed by atoms with Crippen LogP contribution in [0, 0.1) is 0 Å². The molecule has 9 heteroatoms. The molecule has 40 heavy (non-hydrogen) atoms. The Hall–Kier alpha value is -4.02. The molecule has 9 nitrogen and oxygen atoms in total. The van der Waals surface area contributed by atoms with Crippen LogP contribution in [-0.4, -0.2) is 68.1 Å². The van der Waals surface area contributed by atoms with Gasteiger partial charge >= 0.3 is 11.9 Å². The third-order valence-electron chi connectivity index (χ3n) is 6.26. The van der Waals surface area contributed by atoms with Crippen molar-refractivity contribution in [2.75, 3.05) is 20.3 Å². The Balaban J connectivity index is 1.63. The predicted molar refractivity (Wildman–Crippen MR) is 145 cm³/mol. The van der Waals surface area contributed by atoms with E-state index in [0.29, 0.717) is 16.9 Å². The Kier molecular flexibility index (Phi) is 10.4. The average molecular weight is 549 g/mol. The van der Waals surface area contributed by atoms with Crippen LogP contribution in [0.15, 0.2) is 97.6 Å². The van der Waals surface area contributed by atoms with Gasteiger partial charge in [0.05, 0.1) is 38.1 Å². The standard InChI is InChI=1S/C31H32O9/c1-3-18-36-27-26(39-29(33)22-10-6-4-7-11-22)25(19-32)38-31(37-20-21-14-16-24(35-2)17-15-21)28(27)40-30(34)23-12-8-5-9-13-23/h3-17,25-28,31-32H,1,18-20H2,2H3/t25-,26+,27+,28-,31-/m1/s1. The monoisotopic (exact) mass is 548 g/mol. The number of ether oxygens (including phenoxy) is 6. The zero-order valence-electron chi connectivity index (χ0n) is 22.1. The van der Waals surface area contributed by atoms with Gasteiger partial charge in [0.15, 0.2) is 18.5 Å². The quantitative estimate of drug-likeness (QED) is 0.266. The fraction of sp³-hybridized carbons (Fsp3) is 0.290. The molecule has 1 saturated heterocycles. The van der Waals surface area contributed by atoms with Crippen LogP contribution in [-0.2, 0) is 30.3 Å². The van der Waals surface area contributed by atoms with Crippen molar-refractivity contribution in [3.63, 3.8) is 0 Å². The summed E-state index contributed by atoms with van der Waals surface area (Å²) in [5.74, 6) is -0.603. The van der Waals surface area contributed by atoms with Gasteiger partial charge in [0.1, 0.15) is 18.0 Å². The molecule has 1 aliphatic heterocycles. The first-order chi connectivity index (χ1) is 19.5. The lowest BCUT2D eigenvalue weighted by molar-refractivity contribution is -0.307. The van der Waals surface area contributed by atoms with Gasteiger partial charge in [-0.2, -0.15) is 0 Å². The molecule has 0 aliphatic carbocycles. The summed E-state index contributed by atoms with van der Waals surface area (Å²) in [5.41, 5.74) is 1.41. The first-order valence-corrected chi connectivity index (χ1v) is 12.8. The summed E-state index contributed by atoms with van der Waals surface area (Å²) in [5, 5.41) is 10.2. The van der Waals surface area contributed by atoms with Gasteiger partial charge in [-0.1, -0.05) is 54.6 Å². The van der Waals surface area contributed by atoms with Crippen LogP contribution in [0.3, 0.4) is 0 Å². The summed E-state index contributed by atoms with van der Waals surface area (Å²) < 4.78 is 35.0. The molecule has 0 radical (unpaired) electrons. The van der Waals surface area contributed by atoms with E-state index in [4.69, 9.17) is 28.4 Å². The molecule has 1 aliphatic rings. The summed E-state index contributed by atoms with van der Waals surface area (Å²) in [6.07, 6.45) is -4.02. The van der Waals surface area contributed by atoms with Gasteiger partial charge in [-0.15, -0.1) is 6.58 Å². The van der Waals surface area contributed by atoms with Crippen molar-refractivity contribution < 1.29 is 43.1 Å². The lowest BCUT2D eigenvalue weighted by Crippen LogP contribution is -2.62. The lowest BCUT2D eigenvalue weighted by Gasteiger charge is -2.44. The van der Waals surface area contributed by atoms with Gasteiger partial charge in [0, 0.05) is 0 Å². The molecule has 1 N–H and O–H groups in total. The minimum absolute atomic E-state index is 0.0484. The molecule has 5 atom stereocenters. The van der Waals surface area contributed by atoms with E-state index < -0.39 is 49.3 Å². The normalized spacial score (nSPS) is 22.2. The van der Waals surface area contributed by atoms with Crippen LogP contribution in [0.5, 0.6) is 5.75 Å². The second-order valence-electron chi connectivity index (χ2n) is 8.94. The molecule has 3 aromatic carbocycles. The number of methoxy groups -OCH3 is 1. The number of carbonyl (C=O) groups excluding carboxylic acids is 2. The molecule has 3 aromatic rings. The predicted octanol–water partition coefficient (Wildman–Crippen LogP) is 3.95. The van der Waals surface area contributed by atoms with Crippen LogP contribution >= 0.6 is 0 Å². The number of aliphatic hydroxyl groups excluding tert-OH is 1. The summed E-state index contributed by atoms with van der Waals surface area (Å²) >= 11 is 0. The topological polar surface area (TPSA) is 110 Å². The van der Waals surface area contributed by atoms with E-state index in [9.17, 15) is 14.7 Å². The average Bonchev–Trinajstić information content (AvgIpc) is 3.01. The van der Waals surface area contributed by atoms with Gasteiger partial charge in [-0.25, -0.2) is 9.59 Å². The number of rotatable bonds is 12. The number of esters is 2. The Morgan fingerprint density at radius 2 is 1.40 bits per heavy atom. The molecule has 1 fully saturated rings. The first-order valence-electron chi connectivity index (χ1n) is 12.8. The van der Waals surface area contributed by atoms with Gasteiger partial charge < -0.3 is 33.5 Å². The third kappa shape index (κ3) is 7.34. The zero-order valence-corrected chi connectivity index (χ0v) is 22.1. The Morgan fingerprint density at radius 3 is 1.93 bits per heavy atom. The number of carbonyl (C=O) groups is 2. The maximum absolute atomic E-state index is 13.1. The van der Waals surface area contributed by atoms with E-state index in [1.165, 1.54) is 6.08 Å². The second kappa shape index (κ2) is 14.4. The molecule has 1 heterocycles. The molecule has 0 spiro atoms. The first kappa shape index (κ1) is 29.0. The molecular formula is C31H32O9. The van der Waals surface area contributed by atoms with Crippen LogP contribution in [0.2, 0.25) is 0 Å². The highest BCUT2D eigenvalue weighted by Crippen LogP contribution is 2.31. The maximum Gasteiger partial charge on any atom is 0.338 e. The number of aliphatic hydroxyl groups is 1. The van der Waals surface area contributed by atoms with Crippen molar-refractivity contribution in [1.82, 2.24) is 0 Å². The van der Waals surface area contributed by atoms with Gasteiger partial charge in [0.25, 0.3) is 0 Å². The van der Waals surface area contributed by atoms with Crippen molar-refractivity contribution in [2.24, 2.45) is 0 Å². The Bertz CT molecular complexity index is 1230. The van der Waals surface area contributed by atoms with E-state index in [1.807, 2.05) is 12.1 Å². The van der Waals surface area contributed by atoms with Crippen LogP contribution in [0.4, 0.5) is 0 Å². The van der Waals surface area contributed by atoms with Gasteiger partial charge in [-0.05, 0) is 42.0 Å². The van der Waals surface area contributed by atoms with Crippen molar-refractivity contribution in [1.29, 1.82) is 0 Å². The van der Waals surface area contributed by atoms with Crippen molar-refractivity contribution >= 4 is 11.9 Å². The zero-order chi connectivity index (χ0) is 28.3. The van der Waals surface area contributed by atoms with Gasteiger partial charge in [-0.3, -0.25) is 0 Å². The van der Waals surface area contributed by atoms with E-state index in [-0.39, 0.29) is 13.2 Å². The molecule has 0 aromatic heterocycles. The van der Waals surface area contributed by atoms with Crippen LogP contribution in [0.1, 0.15) is 26.3 Å². The molecule has 0 unspecified atom stereocenters. The molecule has 0 saturated carbocycles. The molecule has 4 rings (SSSR count). The summed E-state index contributed by atoms with van der Waals surface area (Å²) in [7, 11) is 1.58. The number of benzene rings is 3. The largest absolute Gasteiger partial charge is 0.497 e. The summed E-state index contributed by atoms with van der Waals surface area (Å²) in [6, 6.07) is 24.1. The summed E-state index contributed by atoms with van der Waals surface area (Å²) in [4.78, 5) is 26.1. The fourth-order valence-corrected chi connectivity index (χ4v) is 4.23. The van der Waals surface area contributed by atoms with Crippen LogP contribution < -0.4 is 4.74 Å². The molecule has 210 valence electrons. The highest BCUT2D eigenvalue weighted by molar-refractivity contribution is 5.90. The highest BCUT2D eigenvalue weighted by Gasteiger charge is 2.51. The Morgan fingerprint density at radius 1 is 0.825 bits per heavy atom. The lowest BCUT2D eigenvalue weighted by atomic mass is 9.98. The fourth-order valence-electron chi connectivity index (χ4n) is 4.23. The number of hydrogen-bond acceptors (Lipinski definition) is 9. The van der Waals surface area contributed by atoms with Crippen LogP contribution in [0.25, 0.3) is 0 Å². The van der Waals surface area contributed by atoms with E-state index in [1.54, 1.807) is 79.9 Å². The molecule has 0 amide bonds. The Labute approximate surface area is 232 Å². The summed E-state index contributed by atoms with van der Waals surface area (Å²) in [6.45, 7) is 3.33. The smallest absolute Gasteiger partial charge is 0.338 e.